The zero-order chi connectivity index (χ0) is 16.1. The maximum atomic E-state index is 5.87. The number of aromatic nitrogens is 1. The van der Waals surface area contributed by atoms with E-state index in [2.05, 4.69) is 77.4 Å². The highest BCUT2D eigenvalue weighted by atomic mass is 15.0. The van der Waals surface area contributed by atoms with Crippen LogP contribution in [-0.2, 0) is 0 Å². The minimum atomic E-state index is 0.782. The van der Waals surface area contributed by atoms with Crippen molar-refractivity contribution in [1.82, 2.24) is 4.57 Å². The van der Waals surface area contributed by atoms with Gasteiger partial charge >= 0.3 is 0 Å². The van der Waals surface area contributed by atoms with Crippen molar-refractivity contribution in [3.63, 3.8) is 0 Å². The van der Waals surface area contributed by atoms with E-state index in [9.17, 15) is 0 Å². The highest BCUT2D eigenvalue weighted by molar-refractivity contribution is 6.32. The predicted molar refractivity (Wildman–Crippen MR) is 104 cm³/mol. The molecule has 0 N–H and O–H groups in total. The third-order valence-corrected chi connectivity index (χ3v) is 4.71. The van der Waals surface area contributed by atoms with Crippen molar-refractivity contribution in [2.24, 2.45) is 0 Å². The quantitative estimate of drug-likeness (QED) is 0.394. The molecule has 1 nitrogen and oxygen atoms in total. The fourth-order valence-electron chi connectivity index (χ4n) is 3.64. The number of fused-ring (bicyclic) bond motifs is 5. The molecule has 1 aromatic heterocycles. The van der Waals surface area contributed by atoms with Crippen LogP contribution in [0.25, 0.3) is 38.3 Å². The molecule has 2 heteroatoms. The van der Waals surface area contributed by atoms with E-state index in [0.717, 1.165) is 11.2 Å². The summed E-state index contributed by atoms with van der Waals surface area (Å²) in [5.74, 6) is 0. The Labute approximate surface area is 141 Å². The fraction of sp³-hybridized carbons (Fsp3) is 0. The van der Waals surface area contributed by atoms with Gasteiger partial charge in [0.2, 0.25) is 0 Å². The number of rotatable bonds is 1. The second-order valence-corrected chi connectivity index (χ2v) is 6.12. The molecule has 2 radical (unpaired) electrons. The molecule has 0 saturated carbocycles. The van der Waals surface area contributed by atoms with Gasteiger partial charge in [-0.2, -0.15) is 0 Å². The van der Waals surface area contributed by atoms with Crippen LogP contribution < -0.4 is 5.46 Å². The summed E-state index contributed by atoms with van der Waals surface area (Å²) >= 11 is 0. The topological polar surface area (TPSA) is 4.93 Å². The highest BCUT2D eigenvalue weighted by Crippen LogP contribution is 2.36. The number of para-hydroxylation sites is 1. The normalized spacial score (nSPS) is 11.5. The first-order valence-corrected chi connectivity index (χ1v) is 8.10. The van der Waals surface area contributed by atoms with Crippen molar-refractivity contribution in [1.29, 1.82) is 0 Å². The van der Waals surface area contributed by atoms with Gasteiger partial charge in [0, 0.05) is 16.5 Å². The van der Waals surface area contributed by atoms with Crippen molar-refractivity contribution >= 4 is 45.9 Å². The Morgan fingerprint density at radius 3 is 2.12 bits per heavy atom. The van der Waals surface area contributed by atoms with Gasteiger partial charge < -0.3 is 4.57 Å². The molecule has 0 fully saturated rings. The standard InChI is InChI=1S/C22H14BN/c23-16-10-12-17(13-11-16)24-20-8-4-3-7-19(20)22-18-6-2-1-5-15(18)9-14-21(22)24/h1-14H. The molecule has 0 aliphatic heterocycles. The van der Waals surface area contributed by atoms with Crippen molar-refractivity contribution in [2.75, 3.05) is 0 Å². The van der Waals surface area contributed by atoms with Gasteiger partial charge in [0.15, 0.2) is 0 Å². The van der Waals surface area contributed by atoms with E-state index in [4.69, 9.17) is 7.85 Å². The summed E-state index contributed by atoms with van der Waals surface area (Å²) < 4.78 is 2.32. The molecule has 4 aromatic carbocycles. The molecule has 24 heavy (non-hydrogen) atoms. The van der Waals surface area contributed by atoms with Crippen LogP contribution in [0.5, 0.6) is 0 Å². The molecule has 0 atom stereocenters. The molecule has 1 heterocycles. The Morgan fingerprint density at radius 1 is 0.583 bits per heavy atom. The Hall–Kier alpha value is -3.00. The second-order valence-electron chi connectivity index (χ2n) is 6.12. The summed E-state index contributed by atoms with van der Waals surface area (Å²) in [7, 11) is 5.87. The summed E-state index contributed by atoms with van der Waals surface area (Å²) in [5, 5.41) is 5.15. The minimum Gasteiger partial charge on any atom is -0.309 e. The summed E-state index contributed by atoms with van der Waals surface area (Å²) in [5.41, 5.74) is 4.35. The van der Waals surface area contributed by atoms with Gasteiger partial charge in [0.25, 0.3) is 0 Å². The van der Waals surface area contributed by atoms with Gasteiger partial charge in [-0.05, 0) is 35.0 Å². The lowest BCUT2D eigenvalue weighted by molar-refractivity contribution is 1.18. The first-order valence-electron chi connectivity index (χ1n) is 8.10. The molecular weight excluding hydrogens is 289 g/mol. The van der Waals surface area contributed by atoms with Crippen molar-refractivity contribution < 1.29 is 0 Å². The van der Waals surface area contributed by atoms with Crippen molar-refractivity contribution in [3.05, 3.63) is 84.9 Å². The third-order valence-electron chi connectivity index (χ3n) is 4.71. The Bertz CT molecular complexity index is 1200. The van der Waals surface area contributed by atoms with E-state index in [1.54, 1.807) is 0 Å². The SMILES string of the molecule is [B]c1ccc(-n2c3ccccc3c3c4ccccc4ccc32)cc1. The van der Waals surface area contributed by atoms with Crippen molar-refractivity contribution in [2.45, 2.75) is 0 Å². The highest BCUT2D eigenvalue weighted by Gasteiger charge is 2.13. The van der Waals surface area contributed by atoms with Crippen LogP contribution >= 0.6 is 0 Å². The van der Waals surface area contributed by atoms with E-state index < -0.39 is 0 Å². The van der Waals surface area contributed by atoms with Crippen LogP contribution in [0.2, 0.25) is 0 Å². The molecule has 5 rings (SSSR count). The maximum absolute atomic E-state index is 5.87. The lowest BCUT2D eigenvalue weighted by Gasteiger charge is -2.08. The first kappa shape index (κ1) is 13.4. The molecule has 0 spiro atoms. The molecule has 0 aliphatic carbocycles. The predicted octanol–water partition coefficient (Wildman–Crippen LogP) is 4.73. The number of hydrogen-bond acceptors (Lipinski definition) is 0. The van der Waals surface area contributed by atoms with Crippen LogP contribution in [0, 0.1) is 0 Å². The smallest absolute Gasteiger partial charge is 0.113 e. The van der Waals surface area contributed by atoms with Crippen LogP contribution in [0.3, 0.4) is 0 Å². The fourth-order valence-corrected chi connectivity index (χ4v) is 3.64. The van der Waals surface area contributed by atoms with E-state index in [1.807, 2.05) is 12.1 Å². The molecule has 110 valence electrons. The minimum absolute atomic E-state index is 0.782. The van der Waals surface area contributed by atoms with E-state index in [1.165, 1.54) is 32.6 Å². The Kier molecular flexibility index (Phi) is 2.80. The van der Waals surface area contributed by atoms with Crippen molar-refractivity contribution in [3.8, 4) is 5.69 Å². The van der Waals surface area contributed by atoms with E-state index >= 15 is 0 Å². The largest absolute Gasteiger partial charge is 0.309 e. The monoisotopic (exact) mass is 303 g/mol. The first-order chi connectivity index (χ1) is 11.8. The molecule has 0 amide bonds. The van der Waals surface area contributed by atoms with Gasteiger partial charge in [-0.15, -0.1) is 0 Å². The molecular formula is C22H14BN. The Morgan fingerprint density at radius 2 is 1.29 bits per heavy atom. The van der Waals surface area contributed by atoms with E-state index in [-0.39, 0.29) is 0 Å². The van der Waals surface area contributed by atoms with Crippen LogP contribution in [0.1, 0.15) is 0 Å². The number of benzene rings is 4. The lowest BCUT2D eigenvalue weighted by atomic mass is 9.96. The van der Waals surface area contributed by atoms with Gasteiger partial charge in [-0.1, -0.05) is 66.1 Å². The molecule has 0 saturated heterocycles. The molecule has 0 aliphatic rings. The molecule has 0 bridgehead atoms. The summed E-state index contributed by atoms with van der Waals surface area (Å²) in [4.78, 5) is 0. The van der Waals surface area contributed by atoms with E-state index in [0.29, 0.717) is 0 Å². The average molecular weight is 303 g/mol. The van der Waals surface area contributed by atoms with Gasteiger partial charge in [-0.25, -0.2) is 0 Å². The van der Waals surface area contributed by atoms with Gasteiger partial charge in [0.1, 0.15) is 7.85 Å². The lowest BCUT2D eigenvalue weighted by Crippen LogP contribution is -2.02. The molecule has 0 unspecified atom stereocenters. The third kappa shape index (κ3) is 1.83. The van der Waals surface area contributed by atoms with Gasteiger partial charge in [0.05, 0.1) is 11.0 Å². The zero-order valence-electron chi connectivity index (χ0n) is 13.1. The van der Waals surface area contributed by atoms with Gasteiger partial charge in [-0.3, -0.25) is 0 Å². The number of hydrogen-bond donors (Lipinski definition) is 0. The molecule has 5 aromatic rings. The second kappa shape index (κ2) is 5.00. The Balaban J connectivity index is 2.02. The van der Waals surface area contributed by atoms with Crippen LogP contribution in [0.15, 0.2) is 84.9 Å². The number of nitrogens with zero attached hydrogens (tertiary/aromatic N) is 1. The average Bonchev–Trinajstić information content (AvgIpc) is 2.97. The summed E-state index contributed by atoms with van der Waals surface area (Å²) in [6, 6.07) is 29.7. The zero-order valence-corrected chi connectivity index (χ0v) is 13.1. The summed E-state index contributed by atoms with van der Waals surface area (Å²) in [6.07, 6.45) is 0. The van der Waals surface area contributed by atoms with Crippen LogP contribution in [-0.4, -0.2) is 12.4 Å². The van der Waals surface area contributed by atoms with Crippen LogP contribution in [0.4, 0.5) is 0 Å². The summed E-state index contributed by atoms with van der Waals surface area (Å²) in [6.45, 7) is 0. The maximum Gasteiger partial charge on any atom is 0.113 e.